The fourth-order valence-electron chi connectivity index (χ4n) is 4.69. The molecule has 3 heterocycles. The van der Waals surface area contributed by atoms with Crippen LogP contribution in [0.4, 0.5) is 0 Å². The molecular formula is C15H27N2+. The molecule has 2 heteroatoms. The number of nitrogens with zero attached hydrogens (tertiary/aromatic N) is 2. The van der Waals surface area contributed by atoms with Crippen molar-refractivity contribution in [1.82, 2.24) is 4.90 Å². The van der Waals surface area contributed by atoms with E-state index < -0.39 is 0 Å². The summed E-state index contributed by atoms with van der Waals surface area (Å²) in [6.07, 6.45) is 5.55. The Labute approximate surface area is 106 Å². The molecule has 4 unspecified atom stereocenters. The van der Waals surface area contributed by atoms with Gasteiger partial charge in [-0.15, -0.1) is 0 Å². The van der Waals surface area contributed by atoms with Gasteiger partial charge in [-0.1, -0.05) is 13.5 Å². The summed E-state index contributed by atoms with van der Waals surface area (Å²) in [6, 6.07) is 0.722. The molecule has 3 rings (SSSR count). The molecule has 3 aliphatic heterocycles. The lowest BCUT2D eigenvalue weighted by Gasteiger charge is -2.32. The van der Waals surface area contributed by atoms with Crippen LogP contribution in [-0.2, 0) is 0 Å². The molecule has 3 aliphatic rings. The van der Waals surface area contributed by atoms with Crippen molar-refractivity contribution in [2.45, 2.75) is 51.1 Å². The van der Waals surface area contributed by atoms with Crippen LogP contribution in [0.1, 0.15) is 39.5 Å². The Bertz CT molecular complexity index is 347. The van der Waals surface area contributed by atoms with E-state index in [-0.39, 0.29) is 0 Å². The van der Waals surface area contributed by atoms with E-state index in [1.54, 1.807) is 0 Å². The number of quaternary nitrogens is 1. The monoisotopic (exact) mass is 235 g/mol. The summed E-state index contributed by atoms with van der Waals surface area (Å²) in [5, 5.41) is 0. The lowest BCUT2D eigenvalue weighted by Crippen LogP contribution is -2.38. The van der Waals surface area contributed by atoms with Gasteiger partial charge in [0.2, 0.25) is 0 Å². The molecule has 3 saturated heterocycles. The largest absolute Gasteiger partial charge is 0.372 e. The van der Waals surface area contributed by atoms with Gasteiger partial charge in [0.15, 0.2) is 5.54 Å². The molecular weight excluding hydrogens is 208 g/mol. The summed E-state index contributed by atoms with van der Waals surface area (Å²) >= 11 is 0. The number of fused-ring (bicyclic) bond motifs is 1. The summed E-state index contributed by atoms with van der Waals surface area (Å²) in [4.78, 5) is 2.58. The maximum atomic E-state index is 4.45. The van der Waals surface area contributed by atoms with Crippen LogP contribution in [0.2, 0.25) is 0 Å². The van der Waals surface area contributed by atoms with E-state index in [0.29, 0.717) is 11.5 Å². The molecule has 0 N–H and O–H groups in total. The highest BCUT2D eigenvalue weighted by Crippen LogP contribution is 2.56. The summed E-state index contributed by atoms with van der Waals surface area (Å²) in [7, 11) is 2.45. The first-order valence-corrected chi connectivity index (χ1v) is 7.30. The first-order valence-electron chi connectivity index (χ1n) is 7.30. The van der Waals surface area contributed by atoms with Gasteiger partial charge in [-0.25, -0.2) is 0 Å². The maximum absolute atomic E-state index is 4.45. The van der Waals surface area contributed by atoms with Crippen LogP contribution in [-0.4, -0.2) is 47.6 Å². The molecule has 96 valence electrons. The molecule has 0 saturated carbocycles. The van der Waals surface area contributed by atoms with Gasteiger partial charge in [-0.2, -0.15) is 0 Å². The molecule has 0 aromatic rings. The van der Waals surface area contributed by atoms with Gasteiger partial charge in [0.05, 0.1) is 19.5 Å². The second-order valence-electron chi connectivity index (χ2n) is 6.88. The standard InChI is InChI=1S/C15H27N2/c1-12-7-5-9-16(12)14(3)13(2)15-8-6-10-17(15,4)11-15/h12-13H,3,5-11H2,1-2,4H3/q+1. The molecule has 0 aromatic heterocycles. The van der Waals surface area contributed by atoms with Crippen molar-refractivity contribution in [3.63, 3.8) is 0 Å². The van der Waals surface area contributed by atoms with Crippen LogP contribution in [0.5, 0.6) is 0 Å². The highest BCUT2D eigenvalue weighted by atomic mass is 15.5. The van der Waals surface area contributed by atoms with E-state index in [1.807, 2.05) is 0 Å². The zero-order valence-corrected chi connectivity index (χ0v) is 11.7. The van der Waals surface area contributed by atoms with Crippen molar-refractivity contribution in [2.75, 3.05) is 26.7 Å². The zero-order chi connectivity index (χ0) is 12.3. The minimum absolute atomic E-state index is 0.569. The van der Waals surface area contributed by atoms with Crippen LogP contribution >= 0.6 is 0 Å². The minimum atomic E-state index is 0.569. The third kappa shape index (κ3) is 1.43. The lowest BCUT2D eigenvalue weighted by molar-refractivity contribution is -0.799. The maximum Gasteiger partial charge on any atom is 0.157 e. The van der Waals surface area contributed by atoms with Gasteiger partial charge in [-0.3, -0.25) is 0 Å². The number of hydrogen-bond donors (Lipinski definition) is 0. The molecule has 0 spiro atoms. The highest BCUT2D eigenvalue weighted by Gasteiger charge is 2.72. The van der Waals surface area contributed by atoms with E-state index in [4.69, 9.17) is 0 Å². The minimum Gasteiger partial charge on any atom is -0.372 e. The first-order chi connectivity index (χ1) is 8.00. The summed E-state index contributed by atoms with van der Waals surface area (Å²) in [5.41, 5.74) is 2.00. The van der Waals surface area contributed by atoms with Gasteiger partial charge in [-0.05, 0) is 19.8 Å². The number of rotatable bonds is 3. The average Bonchev–Trinajstić information content (AvgIpc) is 2.65. The van der Waals surface area contributed by atoms with E-state index in [2.05, 4.69) is 32.4 Å². The Hall–Kier alpha value is -0.500. The molecule has 2 nitrogen and oxygen atoms in total. The van der Waals surface area contributed by atoms with Crippen LogP contribution < -0.4 is 0 Å². The SMILES string of the molecule is C=C(C(C)C12CCC[N+]1(C)C2)N1CCCC1C. The second kappa shape index (κ2) is 3.50. The van der Waals surface area contributed by atoms with Crippen molar-refractivity contribution < 1.29 is 4.48 Å². The van der Waals surface area contributed by atoms with Crippen LogP contribution in [0.25, 0.3) is 0 Å². The molecule has 0 amide bonds. The fraction of sp³-hybridized carbons (Fsp3) is 0.867. The van der Waals surface area contributed by atoms with Crippen molar-refractivity contribution in [2.24, 2.45) is 5.92 Å². The van der Waals surface area contributed by atoms with Crippen molar-refractivity contribution in [3.05, 3.63) is 12.3 Å². The third-order valence-corrected chi connectivity index (χ3v) is 6.08. The molecule has 4 atom stereocenters. The predicted octanol–water partition coefficient (Wildman–Crippen LogP) is 2.61. The highest BCUT2D eigenvalue weighted by molar-refractivity contribution is 5.15. The number of piperidine rings is 1. The molecule has 0 aromatic carbocycles. The van der Waals surface area contributed by atoms with Gasteiger partial charge in [0.1, 0.15) is 6.54 Å². The molecule has 3 fully saturated rings. The van der Waals surface area contributed by atoms with E-state index in [9.17, 15) is 0 Å². The topological polar surface area (TPSA) is 3.24 Å². The van der Waals surface area contributed by atoms with E-state index >= 15 is 0 Å². The first kappa shape index (κ1) is 11.6. The van der Waals surface area contributed by atoms with Gasteiger partial charge >= 0.3 is 0 Å². The summed E-state index contributed by atoms with van der Waals surface area (Å²) < 4.78 is 1.33. The van der Waals surface area contributed by atoms with Crippen LogP contribution in [0, 0.1) is 5.92 Å². The van der Waals surface area contributed by atoms with E-state index in [1.165, 1.54) is 55.5 Å². The number of likely N-dealkylation sites (N-methyl/N-ethyl adjacent to an activating group) is 1. The normalized spacial score (nSPS) is 45.8. The molecule has 0 aliphatic carbocycles. The number of hydrogen-bond acceptors (Lipinski definition) is 1. The Morgan fingerprint density at radius 2 is 2.24 bits per heavy atom. The quantitative estimate of drug-likeness (QED) is 0.537. The molecule has 0 radical (unpaired) electrons. The summed E-state index contributed by atoms with van der Waals surface area (Å²) in [6.45, 7) is 13.3. The smallest absolute Gasteiger partial charge is 0.157 e. The van der Waals surface area contributed by atoms with Crippen LogP contribution in [0.3, 0.4) is 0 Å². The van der Waals surface area contributed by atoms with Gasteiger partial charge < -0.3 is 9.38 Å². The van der Waals surface area contributed by atoms with E-state index in [0.717, 1.165) is 6.04 Å². The predicted molar refractivity (Wildman–Crippen MR) is 71.6 cm³/mol. The number of likely N-dealkylation sites (tertiary alicyclic amines) is 1. The molecule has 0 bridgehead atoms. The van der Waals surface area contributed by atoms with Crippen LogP contribution in [0.15, 0.2) is 12.3 Å². The van der Waals surface area contributed by atoms with Gasteiger partial charge in [0, 0.05) is 31.1 Å². The lowest BCUT2D eigenvalue weighted by atomic mass is 9.87. The Morgan fingerprint density at radius 3 is 2.71 bits per heavy atom. The third-order valence-electron chi connectivity index (χ3n) is 6.08. The van der Waals surface area contributed by atoms with Gasteiger partial charge in [0.25, 0.3) is 0 Å². The average molecular weight is 235 g/mol. The van der Waals surface area contributed by atoms with Crippen molar-refractivity contribution in [1.29, 1.82) is 0 Å². The van der Waals surface area contributed by atoms with Crippen molar-refractivity contribution >= 4 is 0 Å². The fourth-order valence-corrected chi connectivity index (χ4v) is 4.69. The zero-order valence-electron chi connectivity index (χ0n) is 11.7. The Kier molecular flexibility index (Phi) is 2.39. The van der Waals surface area contributed by atoms with Crippen molar-refractivity contribution in [3.8, 4) is 0 Å². The Morgan fingerprint density at radius 1 is 1.47 bits per heavy atom. The Balaban J connectivity index is 1.75. The molecule has 17 heavy (non-hydrogen) atoms. The summed E-state index contributed by atoms with van der Waals surface area (Å²) in [5.74, 6) is 0.676. The second-order valence-corrected chi connectivity index (χ2v) is 6.88.